The number of carbonyl (C=O) groups is 1. The van der Waals surface area contributed by atoms with Gasteiger partial charge in [0.1, 0.15) is 11.9 Å². The van der Waals surface area contributed by atoms with Crippen molar-refractivity contribution in [3.05, 3.63) is 40.4 Å². The minimum Gasteiger partial charge on any atom is -0.480 e. The Morgan fingerprint density at radius 2 is 2.16 bits per heavy atom. The number of pyridine rings is 1. The van der Waals surface area contributed by atoms with Crippen molar-refractivity contribution in [3.63, 3.8) is 0 Å². The minimum atomic E-state index is -0.981. The fraction of sp³-hybridized carbons (Fsp3) is 0.167. The van der Waals surface area contributed by atoms with Gasteiger partial charge in [0.15, 0.2) is 0 Å². The molecule has 0 bridgehead atoms. The average molecular weight is 261 g/mol. The zero-order valence-electron chi connectivity index (χ0n) is 10.0. The predicted octanol–water partition coefficient (Wildman–Crippen LogP) is 2.03. The maximum Gasteiger partial charge on any atom is 0.325 e. The highest BCUT2D eigenvalue weighted by molar-refractivity contribution is 5.83. The first-order chi connectivity index (χ1) is 8.97. The average Bonchev–Trinajstić information content (AvgIpc) is 2.37. The molecule has 98 valence electrons. The molecule has 0 radical (unpaired) electrons. The third-order valence-electron chi connectivity index (χ3n) is 2.62. The summed E-state index contributed by atoms with van der Waals surface area (Å²) in [5.74, 6) is -0.568. The second-order valence-corrected chi connectivity index (χ2v) is 4.03. The molecule has 0 aliphatic carbocycles. The summed E-state index contributed by atoms with van der Waals surface area (Å²) in [7, 11) is 0. The molecule has 1 aromatic carbocycles. The van der Waals surface area contributed by atoms with Crippen molar-refractivity contribution in [2.75, 3.05) is 5.32 Å². The van der Waals surface area contributed by atoms with E-state index in [1.54, 1.807) is 12.1 Å². The van der Waals surface area contributed by atoms with E-state index in [0.717, 1.165) is 0 Å². The molecule has 0 fully saturated rings. The van der Waals surface area contributed by atoms with Gasteiger partial charge in [-0.1, -0.05) is 0 Å². The number of aliphatic carboxylic acids is 1. The molecule has 0 saturated carbocycles. The van der Waals surface area contributed by atoms with Crippen LogP contribution in [0.2, 0.25) is 0 Å². The van der Waals surface area contributed by atoms with Crippen LogP contribution in [0.15, 0.2) is 30.3 Å². The van der Waals surface area contributed by atoms with Crippen LogP contribution in [-0.2, 0) is 4.79 Å². The van der Waals surface area contributed by atoms with Gasteiger partial charge in [-0.15, -0.1) is 0 Å². The van der Waals surface area contributed by atoms with Gasteiger partial charge in [0.25, 0.3) is 5.69 Å². The molecule has 0 unspecified atom stereocenters. The Hall–Kier alpha value is -2.70. The first-order valence-corrected chi connectivity index (χ1v) is 5.52. The number of non-ortho nitro benzene ring substituents is 1. The molecular weight excluding hydrogens is 250 g/mol. The zero-order chi connectivity index (χ0) is 14.0. The van der Waals surface area contributed by atoms with Crippen molar-refractivity contribution in [2.45, 2.75) is 13.0 Å². The lowest BCUT2D eigenvalue weighted by Crippen LogP contribution is -2.25. The van der Waals surface area contributed by atoms with Gasteiger partial charge in [0, 0.05) is 17.5 Å². The molecule has 7 nitrogen and oxygen atoms in total. The molecule has 1 atom stereocenters. The first kappa shape index (κ1) is 12.7. The van der Waals surface area contributed by atoms with Crippen molar-refractivity contribution in [3.8, 4) is 0 Å². The standard InChI is InChI=1S/C12H11N3O4/c1-7(12(16)17)13-11-5-2-8-6-9(15(18)19)3-4-10(8)14-11/h2-7H,1H3,(H,13,14)(H,16,17)/t7-/m0/s1. The molecule has 1 heterocycles. The highest BCUT2D eigenvalue weighted by atomic mass is 16.6. The number of carboxylic acids is 1. The third-order valence-corrected chi connectivity index (χ3v) is 2.62. The van der Waals surface area contributed by atoms with E-state index in [0.29, 0.717) is 16.7 Å². The summed E-state index contributed by atoms with van der Waals surface area (Å²) in [5.41, 5.74) is 0.558. The summed E-state index contributed by atoms with van der Waals surface area (Å²) in [6.45, 7) is 1.50. The lowest BCUT2D eigenvalue weighted by molar-refractivity contribution is -0.384. The van der Waals surface area contributed by atoms with E-state index in [9.17, 15) is 14.9 Å². The number of hydrogen-bond donors (Lipinski definition) is 2. The highest BCUT2D eigenvalue weighted by Gasteiger charge is 2.12. The van der Waals surface area contributed by atoms with E-state index in [2.05, 4.69) is 10.3 Å². The van der Waals surface area contributed by atoms with Gasteiger partial charge in [-0.05, 0) is 25.1 Å². The number of nitro benzene ring substituents is 1. The van der Waals surface area contributed by atoms with Gasteiger partial charge >= 0.3 is 5.97 Å². The Balaban J connectivity index is 2.34. The van der Waals surface area contributed by atoms with Gasteiger partial charge < -0.3 is 10.4 Å². The first-order valence-electron chi connectivity index (χ1n) is 5.52. The second kappa shape index (κ2) is 4.89. The Morgan fingerprint density at radius 3 is 2.79 bits per heavy atom. The Labute approximate surface area is 108 Å². The molecular formula is C12H11N3O4. The van der Waals surface area contributed by atoms with E-state index in [1.165, 1.54) is 25.1 Å². The maximum atomic E-state index is 10.7. The van der Waals surface area contributed by atoms with Crippen molar-refractivity contribution < 1.29 is 14.8 Å². The number of fused-ring (bicyclic) bond motifs is 1. The Kier molecular flexibility index (Phi) is 3.28. The molecule has 2 aromatic rings. The third kappa shape index (κ3) is 2.76. The fourth-order valence-corrected chi connectivity index (χ4v) is 1.59. The van der Waals surface area contributed by atoms with Crippen LogP contribution in [0.4, 0.5) is 11.5 Å². The highest BCUT2D eigenvalue weighted by Crippen LogP contribution is 2.21. The molecule has 1 aromatic heterocycles. The van der Waals surface area contributed by atoms with Crippen LogP contribution in [0.25, 0.3) is 10.9 Å². The number of aromatic nitrogens is 1. The second-order valence-electron chi connectivity index (χ2n) is 4.03. The van der Waals surface area contributed by atoms with Gasteiger partial charge in [-0.2, -0.15) is 0 Å². The van der Waals surface area contributed by atoms with Crippen LogP contribution in [0, 0.1) is 10.1 Å². The molecule has 19 heavy (non-hydrogen) atoms. The number of nitrogens with zero attached hydrogens (tertiary/aromatic N) is 2. The largest absolute Gasteiger partial charge is 0.480 e. The van der Waals surface area contributed by atoms with Crippen molar-refractivity contribution in [1.82, 2.24) is 4.98 Å². The predicted molar refractivity (Wildman–Crippen MR) is 69.1 cm³/mol. The number of hydrogen-bond acceptors (Lipinski definition) is 5. The number of nitro groups is 1. The van der Waals surface area contributed by atoms with Crippen LogP contribution in [0.5, 0.6) is 0 Å². The fourth-order valence-electron chi connectivity index (χ4n) is 1.59. The quantitative estimate of drug-likeness (QED) is 0.644. The van der Waals surface area contributed by atoms with Crippen molar-refractivity contribution in [1.29, 1.82) is 0 Å². The lowest BCUT2D eigenvalue weighted by atomic mass is 10.2. The molecule has 0 saturated heterocycles. The minimum absolute atomic E-state index is 0.00564. The van der Waals surface area contributed by atoms with Gasteiger partial charge in [0.2, 0.25) is 0 Å². The Bertz CT molecular complexity index is 656. The smallest absolute Gasteiger partial charge is 0.325 e. The molecule has 7 heteroatoms. The van der Waals surface area contributed by atoms with Crippen LogP contribution in [0.3, 0.4) is 0 Å². The number of nitrogens with one attached hydrogen (secondary N) is 1. The van der Waals surface area contributed by atoms with Crippen molar-refractivity contribution >= 4 is 28.4 Å². The SMILES string of the molecule is C[C@H](Nc1ccc2cc([N+](=O)[O-])ccc2n1)C(=O)O. The van der Waals surface area contributed by atoms with E-state index < -0.39 is 16.9 Å². The van der Waals surface area contributed by atoms with Gasteiger partial charge in [-0.25, -0.2) is 4.98 Å². The van der Waals surface area contributed by atoms with Crippen LogP contribution in [-0.4, -0.2) is 27.0 Å². The number of carboxylic acid groups (broad SMARTS) is 1. The lowest BCUT2D eigenvalue weighted by Gasteiger charge is -2.10. The van der Waals surface area contributed by atoms with Crippen molar-refractivity contribution in [2.24, 2.45) is 0 Å². The van der Waals surface area contributed by atoms with E-state index in [4.69, 9.17) is 5.11 Å². The molecule has 0 aliphatic rings. The van der Waals surface area contributed by atoms with E-state index in [-0.39, 0.29) is 5.69 Å². The molecule has 0 amide bonds. The summed E-state index contributed by atoms with van der Waals surface area (Å²) >= 11 is 0. The summed E-state index contributed by atoms with van der Waals surface area (Å²) in [6, 6.07) is 6.80. The van der Waals surface area contributed by atoms with Gasteiger partial charge in [0.05, 0.1) is 10.4 Å². The summed E-state index contributed by atoms with van der Waals surface area (Å²) in [4.78, 5) is 25.1. The monoisotopic (exact) mass is 261 g/mol. The van der Waals surface area contributed by atoms with Crippen LogP contribution < -0.4 is 5.32 Å². The Morgan fingerprint density at radius 1 is 1.42 bits per heavy atom. The van der Waals surface area contributed by atoms with E-state index in [1.807, 2.05) is 0 Å². The number of anilines is 1. The summed E-state index contributed by atoms with van der Waals surface area (Å²) in [5, 5.41) is 22.8. The summed E-state index contributed by atoms with van der Waals surface area (Å²) < 4.78 is 0. The molecule has 2 rings (SSSR count). The zero-order valence-corrected chi connectivity index (χ0v) is 10.0. The molecule has 0 spiro atoms. The number of rotatable bonds is 4. The molecule has 0 aliphatic heterocycles. The molecule has 2 N–H and O–H groups in total. The topological polar surface area (TPSA) is 105 Å². The van der Waals surface area contributed by atoms with E-state index >= 15 is 0 Å². The van der Waals surface area contributed by atoms with Crippen LogP contribution >= 0.6 is 0 Å². The number of benzene rings is 1. The van der Waals surface area contributed by atoms with Gasteiger partial charge in [-0.3, -0.25) is 14.9 Å². The normalized spacial score (nSPS) is 12.1. The summed E-state index contributed by atoms with van der Waals surface area (Å²) in [6.07, 6.45) is 0. The maximum absolute atomic E-state index is 10.7. The van der Waals surface area contributed by atoms with Crippen LogP contribution in [0.1, 0.15) is 6.92 Å².